The van der Waals surface area contributed by atoms with Gasteiger partial charge in [-0.2, -0.15) is 8.42 Å². The van der Waals surface area contributed by atoms with Gasteiger partial charge in [-0.25, -0.2) is 4.18 Å². The Labute approximate surface area is 129 Å². The maximum Gasteiger partial charge on any atom is 0.397 e. The number of hydrogen-bond donors (Lipinski definition) is 5. The highest BCUT2D eigenvalue weighted by Crippen LogP contribution is 2.22. The van der Waals surface area contributed by atoms with E-state index in [4.69, 9.17) is 9.66 Å². The molecule has 0 aromatic rings. The van der Waals surface area contributed by atoms with Gasteiger partial charge < -0.3 is 25.3 Å². The van der Waals surface area contributed by atoms with Crippen LogP contribution in [0.5, 0.6) is 0 Å². The Balaban J connectivity index is 2.75. The lowest BCUT2D eigenvalue weighted by molar-refractivity contribution is -0.0279. The molecule has 0 spiro atoms. The van der Waals surface area contributed by atoms with Gasteiger partial charge in [0, 0.05) is 19.1 Å². The van der Waals surface area contributed by atoms with Crippen molar-refractivity contribution in [3.8, 4) is 0 Å². The largest absolute Gasteiger partial charge is 0.397 e. The molecule has 1 aliphatic heterocycles. The molecule has 0 aromatic carbocycles. The average molecular weight is 344 g/mol. The SMILES string of the molecule is CN(C)[C@@H]1CN(C[C@@H](O)[C@H](CO)OS(=O)(=O)O)[C@H](CO)[C@H]1O. The first kappa shape index (κ1) is 19.7. The predicted molar refractivity (Wildman–Crippen MR) is 75.4 cm³/mol. The minimum absolute atomic E-state index is 0.145. The van der Waals surface area contributed by atoms with Crippen molar-refractivity contribution in [1.29, 1.82) is 0 Å². The highest BCUT2D eigenvalue weighted by Gasteiger charge is 2.42. The first-order valence-electron chi connectivity index (χ1n) is 6.74. The van der Waals surface area contributed by atoms with Crippen molar-refractivity contribution in [2.75, 3.05) is 40.4 Å². The Morgan fingerprint density at radius 3 is 2.36 bits per heavy atom. The van der Waals surface area contributed by atoms with Crippen LogP contribution in [0.2, 0.25) is 0 Å². The van der Waals surface area contributed by atoms with Crippen LogP contribution in [0, 0.1) is 0 Å². The van der Waals surface area contributed by atoms with Crippen molar-refractivity contribution in [2.45, 2.75) is 30.4 Å². The number of likely N-dealkylation sites (tertiary alicyclic amines) is 1. The lowest BCUT2D eigenvalue weighted by Crippen LogP contribution is -2.47. The monoisotopic (exact) mass is 344 g/mol. The summed E-state index contributed by atoms with van der Waals surface area (Å²) in [5, 5.41) is 38.6. The van der Waals surface area contributed by atoms with Gasteiger partial charge in [-0.05, 0) is 14.1 Å². The van der Waals surface area contributed by atoms with Crippen LogP contribution >= 0.6 is 0 Å². The molecule has 0 saturated carbocycles. The molecule has 10 nitrogen and oxygen atoms in total. The molecule has 1 aliphatic rings. The van der Waals surface area contributed by atoms with E-state index in [2.05, 4.69) is 4.18 Å². The molecule has 0 bridgehead atoms. The molecule has 132 valence electrons. The molecule has 0 unspecified atom stereocenters. The molecule has 0 amide bonds. The van der Waals surface area contributed by atoms with Crippen molar-refractivity contribution in [1.82, 2.24) is 9.80 Å². The summed E-state index contributed by atoms with van der Waals surface area (Å²) in [6.07, 6.45) is -3.82. The zero-order valence-electron chi connectivity index (χ0n) is 12.5. The van der Waals surface area contributed by atoms with Gasteiger partial charge in [0.2, 0.25) is 0 Å². The van der Waals surface area contributed by atoms with Gasteiger partial charge in [-0.15, -0.1) is 0 Å². The van der Waals surface area contributed by atoms with E-state index >= 15 is 0 Å². The summed E-state index contributed by atoms with van der Waals surface area (Å²) in [5.41, 5.74) is 0. The first-order valence-corrected chi connectivity index (χ1v) is 8.11. The molecule has 1 saturated heterocycles. The molecule has 0 aliphatic carbocycles. The van der Waals surface area contributed by atoms with Crippen molar-refractivity contribution >= 4 is 10.4 Å². The summed E-state index contributed by atoms with van der Waals surface area (Å²) in [4.78, 5) is 3.36. The van der Waals surface area contributed by atoms with E-state index in [1.54, 1.807) is 23.9 Å². The molecule has 1 rings (SSSR count). The zero-order chi connectivity index (χ0) is 17.1. The van der Waals surface area contributed by atoms with Crippen LogP contribution in [0.4, 0.5) is 0 Å². The summed E-state index contributed by atoms with van der Waals surface area (Å²) in [6.45, 7) is -0.979. The predicted octanol–water partition coefficient (Wildman–Crippen LogP) is -3.50. The van der Waals surface area contributed by atoms with E-state index < -0.39 is 41.4 Å². The number of rotatable bonds is 8. The quantitative estimate of drug-likeness (QED) is 0.280. The zero-order valence-corrected chi connectivity index (χ0v) is 13.3. The number of aliphatic hydroxyl groups excluding tert-OH is 4. The molecule has 11 heteroatoms. The van der Waals surface area contributed by atoms with Gasteiger partial charge in [0.25, 0.3) is 0 Å². The van der Waals surface area contributed by atoms with Gasteiger partial charge in [-0.1, -0.05) is 0 Å². The first-order chi connectivity index (χ1) is 10.1. The third kappa shape index (κ3) is 5.08. The summed E-state index contributed by atoms with van der Waals surface area (Å²) < 4.78 is 34.1. The topological polar surface area (TPSA) is 151 Å². The van der Waals surface area contributed by atoms with Crippen LogP contribution in [0.25, 0.3) is 0 Å². The van der Waals surface area contributed by atoms with E-state index in [0.717, 1.165) is 0 Å². The second-order valence-electron chi connectivity index (χ2n) is 5.54. The van der Waals surface area contributed by atoms with Crippen molar-refractivity contribution in [3.63, 3.8) is 0 Å². The van der Waals surface area contributed by atoms with Crippen molar-refractivity contribution < 1.29 is 37.6 Å². The number of aliphatic hydroxyl groups is 4. The molecule has 1 fully saturated rings. The maximum absolute atomic E-state index is 10.7. The van der Waals surface area contributed by atoms with Gasteiger partial charge in [0.05, 0.1) is 31.5 Å². The summed E-state index contributed by atoms with van der Waals surface area (Å²) >= 11 is 0. The second-order valence-corrected chi connectivity index (χ2v) is 6.59. The second kappa shape index (κ2) is 7.95. The van der Waals surface area contributed by atoms with Crippen molar-refractivity contribution in [2.24, 2.45) is 0 Å². The minimum atomic E-state index is -4.81. The van der Waals surface area contributed by atoms with E-state index in [0.29, 0.717) is 6.54 Å². The lowest BCUT2D eigenvalue weighted by atomic mass is 10.1. The van der Waals surface area contributed by atoms with Crippen LogP contribution in [0.1, 0.15) is 0 Å². The van der Waals surface area contributed by atoms with E-state index in [9.17, 15) is 23.7 Å². The van der Waals surface area contributed by atoms with Crippen molar-refractivity contribution in [3.05, 3.63) is 0 Å². The van der Waals surface area contributed by atoms with Gasteiger partial charge >= 0.3 is 10.4 Å². The van der Waals surface area contributed by atoms with Crippen LogP contribution in [0.15, 0.2) is 0 Å². The van der Waals surface area contributed by atoms with E-state index in [-0.39, 0.29) is 19.2 Å². The Morgan fingerprint density at radius 2 is 1.95 bits per heavy atom. The highest BCUT2D eigenvalue weighted by molar-refractivity contribution is 7.80. The van der Waals surface area contributed by atoms with Crippen LogP contribution in [-0.4, -0.2) is 114 Å². The minimum Gasteiger partial charge on any atom is -0.395 e. The third-order valence-corrected chi connectivity index (χ3v) is 4.30. The molecule has 1 heterocycles. The highest BCUT2D eigenvalue weighted by atomic mass is 32.3. The lowest BCUT2D eigenvalue weighted by Gasteiger charge is -2.28. The number of nitrogens with zero attached hydrogens (tertiary/aromatic N) is 2. The Bertz CT molecular complexity index is 445. The Hall–Kier alpha value is -0.370. The fraction of sp³-hybridized carbons (Fsp3) is 1.00. The molecular weight excluding hydrogens is 320 g/mol. The fourth-order valence-electron chi connectivity index (χ4n) is 2.59. The van der Waals surface area contributed by atoms with Crippen LogP contribution < -0.4 is 0 Å². The Kier molecular flexibility index (Phi) is 7.11. The number of hydrogen-bond acceptors (Lipinski definition) is 9. The molecule has 5 atom stereocenters. The van der Waals surface area contributed by atoms with E-state index in [1.807, 2.05) is 0 Å². The Morgan fingerprint density at radius 1 is 1.36 bits per heavy atom. The molecule has 0 radical (unpaired) electrons. The smallest absolute Gasteiger partial charge is 0.395 e. The molecular formula is C11H24N2O8S. The summed E-state index contributed by atoms with van der Waals surface area (Å²) in [7, 11) is -1.29. The summed E-state index contributed by atoms with van der Waals surface area (Å²) in [5.74, 6) is 0. The normalized spacial score (nSPS) is 29.9. The van der Waals surface area contributed by atoms with E-state index in [1.165, 1.54) is 0 Å². The summed E-state index contributed by atoms with van der Waals surface area (Å²) in [6, 6.07) is -0.897. The van der Waals surface area contributed by atoms with Crippen LogP contribution in [0.3, 0.4) is 0 Å². The van der Waals surface area contributed by atoms with Gasteiger partial charge in [-0.3, -0.25) is 9.45 Å². The molecule has 0 aromatic heterocycles. The maximum atomic E-state index is 10.7. The number of β-amino-alcohol motifs (C(OH)–C–C–N with tert-alkyl or cyclic N) is 1. The van der Waals surface area contributed by atoms with Gasteiger partial charge in [0.15, 0.2) is 0 Å². The van der Waals surface area contributed by atoms with Crippen LogP contribution in [-0.2, 0) is 14.6 Å². The molecule has 22 heavy (non-hydrogen) atoms. The number of likely N-dealkylation sites (N-methyl/N-ethyl adjacent to an activating group) is 1. The van der Waals surface area contributed by atoms with Gasteiger partial charge in [0.1, 0.15) is 6.10 Å². The third-order valence-electron chi connectivity index (χ3n) is 3.81. The molecule has 5 N–H and O–H groups in total. The fourth-order valence-corrected chi connectivity index (χ4v) is 3.09. The average Bonchev–Trinajstić information content (AvgIpc) is 2.71. The standard InChI is InChI=1S/C11H24N2O8S/c1-12(2)7-3-13(8(5-14)11(7)17)4-9(16)10(6-15)21-22(18,19)20/h7-11,14-17H,3-6H2,1-2H3,(H,18,19,20)/t7-,8-,9-,10+,11+/m1/s1.